The topological polar surface area (TPSA) is 68.0 Å². The predicted octanol–water partition coefficient (Wildman–Crippen LogP) is 1.59. The van der Waals surface area contributed by atoms with Gasteiger partial charge in [-0.3, -0.25) is 4.79 Å². The van der Waals surface area contributed by atoms with E-state index in [9.17, 15) is 4.79 Å². The standard InChI is InChI=1S/C8H13N3OS2/c1-4(2)10-7(12)5-6(9)11-14-8(5)13-3/h4H,1-3H3,(H2,9,11)(H,10,12). The van der Waals surface area contributed by atoms with E-state index in [2.05, 4.69) is 9.69 Å². The van der Waals surface area contributed by atoms with Crippen molar-refractivity contribution in [2.45, 2.75) is 24.1 Å². The molecule has 0 bridgehead atoms. The van der Waals surface area contributed by atoms with Gasteiger partial charge in [-0.15, -0.1) is 11.8 Å². The van der Waals surface area contributed by atoms with Gasteiger partial charge in [-0.2, -0.15) is 4.37 Å². The van der Waals surface area contributed by atoms with E-state index in [0.29, 0.717) is 11.4 Å². The van der Waals surface area contributed by atoms with E-state index in [4.69, 9.17) is 5.73 Å². The fourth-order valence-corrected chi connectivity index (χ4v) is 2.34. The molecule has 0 unspecified atom stereocenters. The Morgan fingerprint density at radius 1 is 1.64 bits per heavy atom. The Balaban J connectivity index is 2.93. The summed E-state index contributed by atoms with van der Waals surface area (Å²) in [6.07, 6.45) is 1.90. The Labute approximate surface area is 91.4 Å². The molecule has 0 saturated carbocycles. The molecule has 0 radical (unpaired) electrons. The van der Waals surface area contributed by atoms with Gasteiger partial charge in [0.05, 0.1) is 4.21 Å². The largest absolute Gasteiger partial charge is 0.382 e. The van der Waals surface area contributed by atoms with Crippen LogP contribution in [0.3, 0.4) is 0 Å². The third-order valence-corrected chi connectivity index (χ3v) is 3.48. The van der Waals surface area contributed by atoms with Crippen LogP contribution in [0.2, 0.25) is 0 Å². The molecule has 14 heavy (non-hydrogen) atoms. The Morgan fingerprint density at radius 2 is 2.29 bits per heavy atom. The van der Waals surface area contributed by atoms with Gasteiger partial charge in [-0.05, 0) is 31.6 Å². The highest BCUT2D eigenvalue weighted by Crippen LogP contribution is 2.29. The second-order valence-electron chi connectivity index (χ2n) is 3.06. The van der Waals surface area contributed by atoms with Crippen LogP contribution in [0.4, 0.5) is 5.82 Å². The summed E-state index contributed by atoms with van der Waals surface area (Å²) in [6.45, 7) is 3.82. The molecule has 1 rings (SSSR count). The lowest BCUT2D eigenvalue weighted by Crippen LogP contribution is -2.30. The summed E-state index contributed by atoms with van der Waals surface area (Å²) in [5.74, 6) is 0.174. The van der Waals surface area contributed by atoms with Crippen LogP contribution in [-0.2, 0) is 0 Å². The summed E-state index contributed by atoms with van der Waals surface area (Å²) < 4.78 is 4.82. The first-order valence-electron chi connectivity index (χ1n) is 4.16. The smallest absolute Gasteiger partial charge is 0.257 e. The molecular weight excluding hydrogens is 218 g/mol. The average molecular weight is 231 g/mol. The molecule has 1 heterocycles. The van der Waals surface area contributed by atoms with E-state index in [1.54, 1.807) is 0 Å². The van der Waals surface area contributed by atoms with Crippen LogP contribution in [0.15, 0.2) is 4.21 Å². The van der Waals surface area contributed by atoms with E-state index < -0.39 is 0 Å². The maximum atomic E-state index is 11.7. The van der Waals surface area contributed by atoms with Crippen LogP contribution in [0, 0.1) is 0 Å². The second-order valence-corrected chi connectivity index (χ2v) is 4.91. The summed E-state index contributed by atoms with van der Waals surface area (Å²) in [5, 5.41) is 2.80. The molecule has 0 fully saturated rings. The lowest BCUT2D eigenvalue weighted by atomic mass is 10.3. The Hall–Kier alpha value is -0.750. The Bertz CT molecular complexity index is 335. The molecule has 0 spiro atoms. The third-order valence-electron chi connectivity index (χ3n) is 1.52. The third kappa shape index (κ3) is 2.39. The summed E-state index contributed by atoms with van der Waals surface area (Å²) >= 11 is 2.75. The van der Waals surface area contributed by atoms with Gasteiger partial charge in [-0.25, -0.2) is 0 Å². The molecule has 1 aromatic rings. The van der Waals surface area contributed by atoms with Crippen molar-refractivity contribution in [1.29, 1.82) is 0 Å². The van der Waals surface area contributed by atoms with E-state index in [0.717, 1.165) is 4.21 Å². The van der Waals surface area contributed by atoms with Crippen LogP contribution < -0.4 is 11.1 Å². The molecule has 3 N–H and O–H groups in total. The van der Waals surface area contributed by atoms with Crippen LogP contribution in [0.5, 0.6) is 0 Å². The molecule has 78 valence electrons. The van der Waals surface area contributed by atoms with Gasteiger partial charge in [0, 0.05) is 6.04 Å². The van der Waals surface area contributed by atoms with Gasteiger partial charge in [0.1, 0.15) is 5.56 Å². The highest BCUT2D eigenvalue weighted by atomic mass is 32.2. The fourth-order valence-electron chi connectivity index (χ4n) is 0.969. The maximum Gasteiger partial charge on any atom is 0.257 e. The van der Waals surface area contributed by atoms with Crippen molar-refractivity contribution >= 4 is 35.0 Å². The number of carbonyl (C=O) groups is 1. The number of aromatic nitrogens is 1. The zero-order chi connectivity index (χ0) is 10.7. The minimum Gasteiger partial charge on any atom is -0.382 e. The number of nitrogen functional groups attached to an aromatic ring is 1. The SMILES string of the molecule is CSc1snc(N)c1C(=O)NC(C)C. The van der Waals surface area contributed by atoms with Crippen molar-refractivity contribution in [1.82, 2.24) is 9.69 Å². The number of nitrogens with two attached hydrogens (primary N) is 1. The van der Waals surface area contributed by atoms with Gasteiger partial charge in [0.15, 0.2) is 5.82 Å². The number of hydrogen-bond acceptors (Lipinski definition) is 5. The molecule has 0 aliphatic heterocycles. The predicted molar refractivity (Wildman–Crippen MR) is 60.9 cm³/mol. The Kier molecular flexibility index (Phi) is 3.77. The average Bonchev–Trinajstić information content (AvgIpc) is 2.45. The van der Waals surface area contributed by atoms with Crippen LogP contribution in [0.1, 0.15) is 24.2 Å². The fraction of sp³-hybridized carbons (Fsp3) is 0.500. The first-order chi connectivity index (χ1) is 6.56. The quantitative estimate of drug-likeness (QED) is 0.775. The zero-order valence-corrected chi connectivity index (χ0v) is 9.96. The molecule has 6 heteroatoms. The van der Waals surface area contributed by atoms with Crippen LogP contribution in [-0.4, -0.2) is 22.6 Å². The first-order valence-corrected chi connectivity index (χ1v) is 6.16. The molecule has 1 amide bonds. The molecule has 0 atom stereocenters. The molecule has 0 aliphatic carbocycles. The van der Waals surface area contributed by atoms with Crippen LogP contribution in [0.25, 0.3) is 0 Å². The molecule has 1 aromatic heterocycles. The summed E-state index contributed by atoms with van der Waals surface area (Å²) in [7, 11) is 0. The van der Waals surface area contributed by atoms with E-state index in [1.165, 1.54) is 23.3 Å². The molecule has 0 saturated heterocycles. The summed E-state index contributed by atoms with van der Waals surface area (Å²) in [6, 6.07) is 0.108. The van der Waals surface area contributed by atoms with Gasteiger partial charge < -0.3 is 11.1 Å². The lowest BCUT2D eigenvalue weighted by molar-refractivity contribution is 0.0942. The monoisotopic (exact) mass is 231 g/mol. The summed E-state index contributed by atoms with van der Waals surface area (Å²) in [4.78, 5) is 11.7. The zero-order valence-electron chi connectivity index (χ0n) is 8.33. The van der Waals surface area contributed by atoms with E-state index in [1.807, 2.05) is 20.1 Å². The maximum absolute atomic E-state index is 11.7. The minimum atomic E-state index is -0.143. The number of hydrogen-bond donors (Lipinski definition) is 2. The molecular formula is C8H13N3OS2. The van der Waals surface area contributed by atoms with Crippen LogP contribution >= 0.6 is 23.3 Å². The second kappa shape index (κ2) is 4.65. The van der Waals surface area contributed by atoms with Crippen molar-refractivity contribution in [2.75, 3.05) is 12.0 Å². The molecule has 4 nitrogen and oxygen atoms in total. The number of thioether (sulfide) groups is 1. The number of nitrogens with zero attached hydrogens (tertiary/aromatic N) is 1. The normalized spacial score (nSPS) is 10.6. The van der Waals surface area contributed by atoms with Gasteiger partial charge in [0.25, 0.3) is 5.91 Å². The van der Waals surface area contributed by atoms with E-state index in [-0.39, 0.29) is 11.9 Å². The van der Waals surface area contributed by atoms with Gasteiger partial charge >= 0.3 is 0 Å². The van der Waals surface area contributed by atoms with Gasteiger partial charge in [0.2, 0.25) is 0 Å². The highest BCUT2D eigenvalue weighted by molar-refractivity contribution is 8.00. The first kappa shape index (κ1) is 11.3. The van der Waals surface area contributed by atoms with Crippen molar-refractivity contribution in [3.8, 4) is 0 Å². The minimum absolute atomic E-state index is 0.108. The number of rotatable bonds is 3. The van der Waals surface area contributed by atoms with Crippen molar-refractivity contribution in [3.05, 3.63) is 5.56 Å². The van der Waals surface area contributed by atoms with E-state index >= 15 is 0 Å². The number of carbonyl (C=O) groups excluding carboxylic acids is 1. The Morgan fingerprint density at radius 3 is 2.79 bits per heavy atom. The number of nitrogens with one attached hydrogen (secondary N) is 1. The van der Waals surface area contributed by atoms with Gasteiger partial charge in [-0.1, -0.05) is 0 Å². The highest BCUT2D eigenvalue weighted by Gasteiger charge is 2.18. The summed E-state index contributed by atoms with van der Waals surface area (Å²) in [5.41, 5.74) is 6.13. The van der Waals surface area contributed by atoms with Crippen molar-refractivity contribution in [3.63, 3.8) is 0 Å². The molecule has 0 aliphatic rings. The molecule has 0 aromatic carbocycles. The number of amides is 1. The number of anilines is 1. The van der Waals surface area contributed by atoms with Crippen molar-refractivity contribution in [2.24, 2.45) is 0 Å². The lowest BCUT2D eigenvalue weighted by Gasteiger charge is -2.07. The van der Waals surface area contributed by atoms with Crippen molar-refractivity contribution < 1.29 is 4.79 Å².